The van der Waals surface area contributed by atoms with Crippen LogP contribution in [0, 0.1) is 0 Å². The summed E-state index contributed by atoms with van der Waals surface area (Å²) >= 11 is 0. The van der Waals surface area contributed by atoms with Gasteiger partial charge in [-0.3, -0.25) is 4.90 Å². The van der Waals surface area contributed by atoms with E-state index in [1.54, 1.807) is 12.1 Å². The average Bonchev–Trinajstić information content (AvgIpc) is 3.09. The highest BCUT2D eigenvalue weighted by molar-refractivity contribution is 7.89. The van der Waals surface area contributed by atoms with Gasteiger partial charge in [-0.05, 0) is 55.6 Å². The molecule has 0 aromatic heterocycles. The molecule has 1 aliphatic heterocycles. The van der Waals surface area contributed by atoms with Gasteiger partial charge in [0.15, 0.2) is 0 Å². The zero-order chi connectivity index (χ0) is 16.8. The second kappa shape index (κ2) is 7.92. The van der Waals surface area contributed by atoms with Gasteiger partial charge in [0.05, 0.1) is 4.90 Å². The van der Waals surface area contributed by atoms with Crippen molar-refractivity contribution in [3.63, 3.8) is 0 Å². The van der Waals surface area contributed by atoms with Gasteiger partial charge in [-0.15, -0.1) is 0 Å². The number of likely N-dealkylation sites (tertiary alicyclic amines) is 1. The molecule has 1 N–H and O–H groups in total. The van der Waals surface area contributed by atoms with Gasteiger partial charge in [0.2, 0.25) is 10.0 Å². The van der Waals surface area contributed by atoms with E-state index in [-0.39, 0.29) is 0 Å². The number of sulfonamides is 1. The topological polar surface area (TPSA) is 49.4 Å². The van der Waals surface area contributed by atoms with Gasteiger partial charge in [-0.25, -0.2) is 13.1 Å². The molecular formula is C19H24N2O2S. The largest absolute Gasteiger partial charge is 0.299 e. The van der Waals surface area contributed by atoms with Crippen molar-refractivity contribution in [1.29, 1.82) is 0 Å². The van der Waals surface area contributed by atoms with Gasteiger partial charge in [0, 0.05) is 13.1 Å². The molecular weight excluding hydrogens is 320 g/mol. The second-order valence-electron chi connectivity index (χ2n) is 6.26. The monoisotopic (exact) mass is 344 g/mol. The third kappa shape index (κ3) is 4.66. The van der Waals surface area contributed by atoms with E-state index in [1.807, 2.05) is 42.5 Å². The van der Waals surface area contributed by atoms with Crippen LogP contribution in [0.3, 0.4) is 0 Å². The van der Waals surface area contributed by atoms with E-state index < -0.39 is 10.0 Å². The van der Waals surface area contributed by atoms with Crippen LogP contribution in [0.4, 0.5) is 0 Å². The van der Waals surface area contributed by atoms with Crippen molar-refractivity contribution in [1.82, 2.24) is 9.62 Å². The summed E-state index contributed by atoms with van der Waals surface area (Å²) in [5.74, 6) is 0. The summed E-state index contributed by atoms with van der Waals surface area (Å²) in [6, 6.07) is 17.2. The Bertz CT molecular complexity index is 754. The van der Waals surface area contributed by atoms with Crippen LogP contribution in [-0.4, -0.2) is 33.0 Å². The Hall–Kier alpha value is -1.69. The Labute approximate surface area is 144 Å². The predicted molar refractivity (Wildman–Crippen MR) is 96.3 cm³/mol. The lowest BCUT2D eigenvalue weighted by atomic mass is 10.2. The SMILES string of the molecule is O=S(=O)(NCCc1ccccc1)c1cccc(CN2CCCC2)c1. The van der Waals surface area contributed by atoms with Crippen LogP contribution in [-0.2, 0) is 23.0 Å². The van der Waals surface area contributed by atoms with Crippen LogP contribution >= 0.6 is 0 Å². The van der Waals surface area contributed by atoms with E-state index in [4.69, 9.17) is 0 Å². The maximum Gasteiger partial charge on any atom is 0.240 e. The van der Waals surface area contributed by atoms with Crippen molar-refractivity contribution < 1.29 is 8.42 Å². The van der Waals surface area contributed by atoms with Crippen LogP contribution < -0.4 is 4.72 Å². The van der Waals surface area contributed by atoms with Crippen LogP contribution in [0.25, 0.3) is 0 Å². The molecule has 0 unspecified atom stereocenters. The quantitative estimate of drug-likeness (QED) is 0.840. The van der Waals surface area contributed by atoms with Crippen molar-refractivity contribution in [2.24, 2.45) is 0 Å². The van der Waals surface area contributed by atoms with Gasteiger partial charge < -0.3 is 0 Å². The Morgan fingerprint density at radius 3 is 2.38 bits per heavy atom. The fraction of sp³-hybridized carbons (Fsp3) is 0.368. The Kier molecular flexibility index (Phi) is 5.66. The van der Waals surface area contributed by atoms with Crippen LogP contribution in [0.15, 0.2) is 59.5 Å². The molecule has 0 bridgehead atoms. The predicted octanol–water partition coefficient (Wildman–Crippen LogP) is 2.80. The minimum absolute atomic E-state index is 0.354. The zero-order valence-corrected chi connectivity index (χ0v) is 14.6. The molecule has 4 nitrogen and oxygen atoms in total. The first-order valence-electron chi connectivity index (χ1n) is 8.48. The summed E-state index contributed by atoms with van der Waals surface area (Å²) in [5.41, 5.74) is 2.19. The number of benzene rings is 2. The summed E-state index contributed by atoms with van der Waals surface area (Å²) in [4.78, 5) is 2.72. The van der Waals surface area contributed by atoms with E-state index >= 15 is 0 Å². The molecule has 0 amide bonds. The van der Waals surface area contributed by atoms with E-state index in [1.165, 1.54) is 12.8 Å². The first-order valence-corrected chi connectivity index (χ1v) is 9.97. The first kappa shape index (κ1) is 17.1. The molecule has 0 aliphatic carbocycles. The van der Waals surface area contributed by atoms with Crippen LogP contribution in [0.2, 0.25) is 0 Å². The average molecular weight is 344 g/mol. The van der Waals surface area contributed by atoms with Gasteiger partial charge in [0.1, 0.15) is 0 Å². The summed E-state index contributed by atoms with van der Waals surface area (Å²) in [5, 5.41) is 0. The van der Waals surface area contributed by atoms with Crippen molar-refractivity contribution >= 4 is 10.0 Å². The number of hydrogen-bond acceptors (Lipinski definition) is 3. The molecule has 1 fully saturated rings. The summed E-state index contributed by atoms with van der Waals surface area (Å²) in [6.07, 6.45) is 3.16. The molecule has 5 heteroatoms. The highest BCUT2D eigenvalue weighted by Gasteiger charge is 2.16. The molecule has 1 saturated heterocycles. The standard InChI is InChI=1S/C19H24N2O2S/c22-24(23,20-12-11-17-7-2-1-3-8-17)19-10-6-9-18(15-19)16-21-13-4-5-14-21/h1-3,6-10,15,20H,4-5,11-14,16H2. The minimum Gasteiger partial charge on any atom is -0.299 e. The molecule has 0 atom stereocenters. The van der Waals surface area contributed by atoms with Crippen LogP contribution in [0.1, 0.15) is 24.0 Å². The Balaban J connectivity index is 1.61. The van der Waals surface area contributed by atoms with E-state index in [9.17, 15) is 8.42 Å². The lowest BCUT2D eigenvalue weighted by molar-refractivity contribution is 0.331. The van der Waals surface area contributed by atoms with Crippen molar-refractivity contribution in [3.8, 4) is 0 Å². The Morgan fingerprint density at radius 1 is 0.917 bits per heavy atom. The van der Waals surface area contributed by atoms with Crippen molar-refractivity contribution in [2.75, 3.05) is 19.6 Å². The summed E-state index contributed by atoms with van der Waals surface area (Å²) in [6.45, 7) is 3.44. The van der Waals surface area contributed by atoms with Gasteiger partial charge in [-0.2, -0.15) is 0 Å². The van der Waals surface area contributed by atoms with Gasteiger partial charge in [0.25, 0.3) is 0 Å². The fourth-order valence-corrected chi connectivity index (χ4v) is 4.17. The van der Waals surface area contributed by atoms with Gasteiger partial charge >= 0.3 is 0 Å². The summed E-state index contributed by atoms with van der Waals surface area (Å²) in [7, 11) is -3.46. The third-order valence-electron chi connectivity index (χ3n) is 4.36. The van der Waals surface area contributed by atoms with E-state index in [0.29, 0.717) is 17.9 Å². The molecule has 3 rings (SSSR count). The van der Waals surface area contributed by atoms with Crippen LogP contribution in [0.5, 0.6) is 0 Å². The number of nitrogens with zero attached hydrogens (tertiary/aromatic N) is 1. The molecule has 0 spiro atoms. The maximum absolute atomic E-state index is 12.5. The molecule has 0 saturated carbocycles. The highest BCUT2D eigenvalue weighted by atomic mass is 32.2. The van der Waals surface area contributed by atoms with E-state index in [0.717, 1.165) is 30.8 Å². The molecule has 0 radical (unpaired) electrons. The molecule has 1 aliphatic rings. The maximum atomic E-state index is 12.5. The highest BCUT2D eigenvalue weighted by Crippen LogP contribution is 2.16. The summed E-state index contributed by atoms with van der Waals surface area (Å²) < 4.78 is 27.7. The van der Waals surface area contributed by atoms with Gasteiger partial charge in [-0.1, -0.05) is 42.5 Å². The minimum atomic E-state index is -3.46. The molecule has 24 heavy (non-hydrogen) atoms. The number of hydrogen-bond donors (Lipinski definition) is 1. The molecule has 2 aromatic carbocycles. The smallest absolute Gasteiger partial charge is 0.240 e. The molecule has 1 heterocycles. The lowest BCUT2D eigenvalue weighted by Gasteiger charge is -2.15. The van der Waals surface area contributed by atoms with Crippen molar-refractivity contribution in [2.45, 2.75) is 30.7 Å². The normalized spacial score (nSPS) is 15.7. The third-order valence-corrected chi connectivity index (χ3v) is 5.82. The second-order valence-corrected chi connectivity index (χ2v) is 8.03. The number of rotatable bonds is 7. The fourth-order valence-electron chi connectivity index (χ4n) is 3.07. The zero-order valence-electron chi connectivity index (χ0n) is 13.8. The lowest BCUT2D eigenvalue weighted by Crippen LogP contribution is -2.26. The first-order chi connectivity index (χ1) is 11.6. The van der Waals surface area contributed by atoms with E-state index in [2.05, 4.69) is 9.62 Å². The van der Waals surface area contributed by atoms with Crippen molar-refractivity contribution in [3.05, 3.63) is 65.7 Å². The Morgan fingerprint density at radius 2 is 1.62 bits per heavy atom. The molecule has 2 aromatic rings. The molecule has 128 valence electrons. The number of nitrogens with one attached hydrogen (secondary N) is 1.